The lowest BCUT2D eigenvalue weighted by molar-refractivity contribution is 0.250. The van der Waals surface area contributed by atoms with Gasteiger partial charge in [-0.2, -0.15) is 0 Å². The van der Waals surface area contributed by atoms with E-state index >= 15 is 0 Å². The minimum atomic E-state index is -2.80. The first kappa shape index (κ1) is 15.9. The average Bonchev–Trinajstić information content (AvgIpc) is 2.82. The molecule has 18 heavy (non-hydrogen) atoms. The molecule has 108 valence electrons. The molecule has 1 aliphatic rings. The van der Waals surface area contributed by atoms with Crippen LogP contribution in [-0.2, 0) is 9.84 Å². The summed E-state index contributed by atoms with van der Waals surface area (Å²) >= 11 is 0. The van der Waals surface area contributed by atoms with Gasteiger partial charge in [-0.25, -0.2) is 8.42 Å². The summed E-state index contributed by atoms with van der Waals surface area (Å²) in [7, 11) is -2.80. The van der Waals surface area contributed by atoms with Gasteiger partial charge in [-0.15, -0.1) is 0 Å². The van der Waals surface area contributed by atoms with E-state index in [-0.39, 0.29) is 5.75 Å². The number of sulfone groups is 1. The maximum absolute atomic E-state index is 11.5. The molecule has 0 aliphatic carbocycles. The van der Waals surface area contributed by atoms with Crippen LogP contribution >= 0.6 is 0 Å². The smallest absolute Gasteiger partial charge is 0.150 e. The summed E-state index contributed by atoms with van der Waals surface area (Å²) in [4.78, 5) is 2.41. The Balaban J connectivity index is 2.28. The highest BCUT2D eigenvalue weighted by atomic mass is 32.2. The van der Waals surface area contributed by atoms with Gasteiger partial charge in [0.25, 0.3) is 0 Å². The molecule has 0 spiro atoms. The van der Waals surface area contributed by atoms with Crippen molar-refractivity contribution in [3.63, 3.8) is 0 Å². The molecule has 1 rings (SSSR count). The van der Waals surface area contributed by atoms with Crippen molar-refractivity contribution in [2.75, 3.05) is 37.7 Å². The molecular weight excluding hydrogens is 248 g/mol. The lowest BCUT2D eigenvalue weighted by Crippen LogP contribution is -2.38. The molecule has 1 saturated heterocycles. The van der Waals surface area contributed by atoms with Gasteiger partial charge in [0.1, 0.15) is 9.84 Å². The summed E-state index contributed by atoms with van der Waals surface area (Å²) < 4.78 is 22.9. The number of nitrogens with zero attached hydrogens (tertiary/aromatic N) is 1. The third-order valence-corrected chi connectivity index (χ3v) is 5.34. The van der Waals surface area contributed by atoms with Crippen LogP contribution in [0.4, 0.5) is 0 Å². The minimum absolute atomic E-state index is 0.269. The van der Waals surface area contributed by atoms with Crippen LogP contribution in [0.25, 0.3) is 0 Å². The number of hydrogen-bond acceptors (Lipinski definition) is 4. The van der Waals surface area contributed by atoms with E-state index in [1.54, 1.807) is 6.92 Å². The molecular formula is C13H28N2O2S. The second-order valence-electron chi connectivity index (χ2n) is 5.18. The van der Waals surface area contributed by atoms with E-state index < -0.39 is 9.84 Å². The van der Waals surface area contributed by atoms with Crippen molar-refractivity contribution in [3.05, 3.63) is 0 Å². The molecule has 0 aromatic rings. The fourth-order valence-corrected chi connectivity index (χ4v) is 3.34. The normalized spacial score (nSPS) is 20.7. The first-order chi connectivity index (χ1) is 8.57. The van der Waals surface area contributed by atoms with E-state index in [0.717, 1.165) is 39.0 Å². The van der Waals surface area contributed by atoms with Crippen LogP contribution in [0.3, 0.4) is 0 Å². The van der Waals surface area contributed by atoms with E-state index in [1.165, 1.54) is 12.8 Å². The maximum Gasteiger partial charge on any atom is 0.150 e. The lowest BCUT2D eigenvalue weighted by atomic mass is 10.2. The largest absolute Gasteiger partial charge is 0.313 e. The van der Waals surface area contributed by atoms with E-state index in [1.807, 2.05) is 0 Å². The third-order valence-electron chi connectivity index (χ3n) is 3.55. The van der Waals surface area contributed by atoms with Gasteiger partial charge in [-0.1, -0.05) is 13.8 Å². The van der Waals surface area contributed by atoms with Crippen LogP contribution in [0.2, 0.25) is 0 Å². The fourth-order valence-electron chi connectivity index (χ4n) is 2.49. The predicted molar refractivity (Wildman–Crippen MR) is 76.7 cm³/mol. The molecule has 1 fully saturated rings. The standard InChI is InChI=1S/C13H28N2O2S/c1-3-9-15(12-13-7-5-8-14-13)10-6-11-18(16,17)4-2/h13-14H,3-12H2,1-2H3. The third kappa shape index (κ3) is 6.16. The average molecular weight is 276 g/mol. The summed E-state index contributed by atoms with van der Waals surface area (Å²) in [6.45, 7) is 8.09. The quantitative estimate of drug-likeness (QED) is 0.689. The van der Waals surface area contributed by atoms with Gasteiger partial charge in [-0.05, 0) is 45.3 Å². The van der Waals surface area contributed by atoms with Crippen molar-refractivity contribution in [2.24, 2.45) is 0 Å². The Morgan fingerprint density at radius 2 is 2.06 bits per heavy atom. The summed E-state index contributed by atoms with van der Waals surface area (Å²) in [5, 5.41) is 3.50. The molecule has 1 aliphatic heterocycles. The predicted octanol–water partition coefficient (Wildman–Crippen LogP) is 1.28. The SMILES string of the molecule is CCCN(CCCS(=O)(=O)CC)CC1CCCN1. The van der Waals surface area contributed by atoms with Crippen LogP contribution in [-0.4, -0.2) is 57.0 Å². The molecule has 0 amide bonds. The summed E-state index contributed by atoms with van der Waals surface area (Å²) in [5.41, 5.74) is 0. The monoisotopic (exact) mass is 276 g/mol. The molecule has 1 atom stereocenters. The van der Waals surface area contributed by atoms with Crippen molar-refractivity contribution in [2.45, 2.75) is 45.6 Å². The van der Waals surface area contributed by atoms with Gasteiger partial charge in [0.2, 0.25) is 0 Å². The Morgan fingerprint density at radius 3 is 2.61 bits per heavy atom. The zero-order chi connectivity index (χ0) is 13.4. The van der Waals surface area contributed by atoms with Crippen molar-refractivity contribution in [1.29, 1.82) is 0 Å². The second-order valence-corrected chi connectivity index (χ2v) is 7.66. The molecule has 0 radical (unpaired) electrons. The van der Waals surface area contributed by atoms with Crippen molar-refractivity contribution in [1.82, 2.24) is 10.2 Å². The first-order valence-electron chi connectivity index (χ1n) is 7.23. The van der Waals surface area contributed by atoms with Crippen LogP contribution < -0.4 is 5.32 Å². The van der Waals surface area contributed by atoms with E-state index in [9.17, 15) is 8.42 Å². The summed E-state index contributed by atoms with van der Waals surface area (Å²) in [6.07, 6.45) is 4.43. The molecule has 1 N–H and O–H groups in total. The van der Waals surface area contributed by atoms with E-state index in [4.69, 9.17) is 0 Å². The van der Waals surface area contributed by atoms with Gasteiger partial charge < -0.3 is 10.2 Å². The second kappa shape index (κ2) is 8.12. The summed E-state index contributed by atoms with van der Waals surface area (Å²) in [5.74, 6) is 0.604. The Bertz CT molecular complexity index is 311. The van der Waals surface area contributed by atoms with Crippen molar-refractivity contribution < 1.29 is 8.42 Å². The molecule has 1 unspecified atom stereocenters. The van der Waals surface area contributed by atoms with Gasteiger partial charge in [0, 0.05) is 18.3 Å². The molecule has 0 aromatic carbocycles. The summed E-state index contributed by atoms with van der Waals surface area (Å²) in [6, 6.07) is 0.610. The Morgan fingerprint density at radius 1 is 1.28 bits per heavy atom. The Labute approximate surface area is 112 Å². The lowest BCUT2D eigenvalue weighted by Gasteiger charge is -2.25. The Kier molecular flexibility index (Phi) is 7.19. The minimum Gasteiger partial charge on any atom is -0.313 e. The van der Waals surface area contributed by atoms with Crippen LogP contribution in [0.5, 0.6) is 0 Å². The first-order valence-corrected chi connectivity index (χ1v) is 9.05. The molecule has 4 nitrogen and oxygen atoms in total. The number of rotatable bonds is 9. The van der Waals surface area contributed by atoms with Gasteiger partial charge in [0.05, 0.1) is 5.75 Å². The molecule has 0 aromatic heterocycles. The number of hydrogen-bond donors (Lipinski definition) is 1. The topological polar surface area (TPSA) is 49.4 Å². The van der Waals surface area contributed by atoms with Crippen molar-refractivity contribution in [3.8, 4) is 0 Å². The fraction of sp³-hybridized carbons (Fsp3) is 1.00. The van der Waals surface area contributed by atoms with Crippen LogP contribution in [0.1, 0.15) is 39.5 Å². The Hall–Kier alpha value is -0.130. The van der Waals surface area contributed by atoms with E-state index in [2.05, 4.69) is 17.1 Å². The van der Waals surface area contributed by atoms with Crippen LogP contribution in [0, 0.1) is 0 Å². The van der Waals surface area contributed by atoms with Gasteiger partial charge in [0.15, 0.2) is 0 Å². The molecule has 0 saturated carbocycles. The maximum atomic E-state index is 11.5. The van der Waals surface area contributed by atoms with Gasteiger partial charge in [-0.3, -0.25) is 0 Å². The zero-order valence-electron chi connectivity index (χ0n) is 11.8. The molecule has 5 heteroatoms. The molecule has 1 heterocycles. The zero-order valence-corrected chi connectivity index (χ0v) is 12.6. The molecule has 0 bridgehead atoms. The van der Waals surface area contributed by atoms with Crippen molar-refractivity contribution >= 4 is 9.84 Å². The van der Waals surface area contributed by atoms with E-state index in [0.29, 0.717) is 11.8 Å². The van der Waals surface area contributed by atoms with Gasteiger partial charge >= 0.3 is 0 Å². The highest BCUT2D eigenvalue weighted by Crippen LogP contribution is 2.08. The number of nitrogens with one attached hydrogen (secondary N) is 1. The highest BCUT2D eigenvalue weighted by Gasteiger charge is 2.17. The highest BCUT2D eigenvalue weighted by molar-refractivity contribution is 7.91. The van der Waals surface area contributed by atoms with Crippen LogP contribution in [0.15, 0.2) is 0 Å².